The third-order valence-electron chi connectivity index (χ3n) is 5.30. The molecule has 0 aromatic heterocycles. The maximum absolute atomic E-state index is 12.3. The number of carbonyl (C=O) groups is 1. The number of amides is 1. The summed E-state index contributed by atoms with van der Waals surface area (Å²) in [4.78, 5) is 12.3. The van der Waals surface area contributed by atoms with Gasteiger partial charge in [-0.1, -0.05) is 34.1 Å². The molecule has 3 heteroatoms. The van der Waals surface area contributed by atoms with Crippen LogP contribution in [-0.2, 0) is 4.79 Å². The van der Waals surface area contributed by atoms with Crippen molar-refractivity contribution in [3.05, 3.63) is 0 Å². The summed E-state index contributed by atoms with van der Waals surface area (Å²) in [5, 5.41) is 3.29. The van der Waals surface area contributed by atoms with Gasteiger partial charge >= 0.3 is 0 Å². The Bertz CT molecular complexity index is 348. The number of rotatable bonds is 4. The molecule has 3 nitrogen and oxygen atoms in total. The number of carbonyl (C=O) groups excluding carboxylic acids is 1. The molecule has 2 rings (SSSR count). The lowest BCUT2D eigenvalue weighted by Crippen LogP contribution is -2.48. The van der Waals surface area contributed by atoms with E-state index < -0.39 is 0 Å². The van der Waals surface area contributed by atoms with Crippen LogP contribution in [0.2, 0.25) is 0 Å². The second-order valence-corrected chi connectivity index (χ2v) is 8.91. The maximum Gasteiger partial charge on any atom is 0.220 e. The van der Waals surface area contributed by atoms with E-state index in [4.69, 9.17) is 5.73 Å². The Hall–Kier alpha value is -0.570. The molecule has 1 amide bonds. The van der Waals surface area contributed by atoms with Crippen molar-refractivity contribution in [1.82, 2.24) is 5.32 Å². The minimum Gasteiger partial charge on any atom is -0.353 e. The zero-order valence-electron chi connectivity index (χ0n) is 13.7. The first-order valence-corrected chi connectivity index (χ1v) is 8.15. The summed E-state index contributed by atoms with van der Waals surface area (Å²) in [6, 6.07) is 0.330. The van der Waals surface area contributed by atoms with Gasteiger partial charge in [0.25, 0.3) is 0 Å². The molecule has 0 unspecified atom stereocenters. The van der Waals surface area contributed by atoms with Crippen molar-refractivity contribution in [2.24, 2.45) is 22.0 Å². The molecule has 2 aliphatic carbocycles. The van der Waals surface area contributed by atoms with Gasteiger partial charge in [-0.05, 0) is 54.9 Å². The van der Waals surface area contributed by atoms with Crippen molar-refractivity contribution in [1.29, 1.82) is 0 Å². The Morgan fingerprint density at radius 2 is 1.70 bits per heavy atom. The Balaban J connectivity index is 1.90. The van der Waals surface area contributed by atoms with E-state index in [2.05, 4.69) is 33.0 Å². The molecular formula is C17H32N2O. The third-order valence-corrected chi connectivity index (χ3v) is 5.30. The van der Waals surface area contributed by atoms with E-state index in [1.54, 1.807) is 0 Å². The zero-order valence-corrected chi connectivity index (χ0v) is 13.7. The smallest absolute Gasteiger partial charge is 0.220 e. The Morgan fingerprint density at radius 1 is 1.15 bits per heavy atom. The van der Waals surface area contributed by atoms with E-state index in [1.165, 1.54) is 12.8 Å². The van der Waals surface area contributed by atoms with Crippen molar-refractivity contribution >= 4 is 5.91 Å². The van der Waals surface area contributed by atoms with Crippen LogP contribution in [0.15, 0.2) is 0 Å². The monoisotopic (exact) mass is 280 g/mol. The van der Waals surface area contributed by atoms with Crippen molar-refractivity contribution in [2.45, 2.75) is 78.7 Å². The zero-order chi connectivity index (χ0) is 15.0. The van der Waals surface area contributed by atoms with Crippen molar-refractivity contribution in [2.75, 3.05) is 6.54 Å². The molecule has 0 saturated heterocycles. The molecule has 2 fully saturated rings. The Labute approximate surface area is 124 Å². The summed E-state index contributed by atoms with van der Waals surface area (Å²) in [5.41, 5.74) is 6.61. The van der Waals surface area contributed by atoms with Crippen LogP contribution in [0.3, 0.4) is 0 Å². The summed E-state index contributed by atoms with van der Waals surface area (Å²) in [6.45, 7) is 9.93. The summed E-state index contributed by atoms with van der Waals surface area (Å²) in [7, 11) is 0. The highest BCUT2D eigenvalue weighted by atomic mass is 16.1. The van der Waals surface area contributed by atoms with Gasteiger partial charge in [-0.25, -0.2) is 0 Å². The van der Waals surface area contributed by atoms with Gasteiger partial charge in [-0.2, -0.15) is 0 Å². The van der Waals surface area contributed by atoms with Crippen LogP contribution in [-0.4, -0.2) is 18.5 Å². The normalized spacial score (nSPS) is 27.6. The van der Waals surface area contributed by atoms with E-state index >= 15 is 0 Å². The molecule has 0 bridgehead atoms. The predicted molar refractivity (Wildman–Crippen MR) is 83.3 cm³/mol. The minimum absolute atomic E-state index is 0.115. The molecular weight excluding hydrogens is 248 g/mol. The van der Waals surface area contributed by atoms with Gasteiger partial charge in [0.05, 0.1) is 0 Å². The minimum atomic E-state index is 0.115. The number of hydrogen-bond donors (Lipinski definition) is 2. The largest absolute Gasteiger partial charge is 0.353 e. The van der Waals surface area contributed by atoms with Crippen molar-refractivity contribution < 1.29 is 4.79 Å². The summed E-state index contributed by atoms with van der Waals surface area (Å²) in [5.74, 6) is 0.216. The second kappa shape index (κ2) is 5.32. The lowest BCUT2D eigenvalue weighted by Gasteiger charge is -2.46. The summed E-state index contributed by atoms with van der Waals surface area (Å²) < 4.78 is 0. The fourth-order valence-electron chi connectivity index (χ4n) is 4.70. The topological polar surface area (TPSA) is 55.1 Å². The first-order valence-electron chi connectivity index (χ1n) is 8.15. The quantitative estimate of drug-likeness (QED) is 0.830. The highest BCUT2D eigenvalue weighted by Gasteiger charge is 2.41. The van der Waals surface area contributed by atoms with Gasteiger partial charge in [0.15, 0.2) is 0 Å². The molecule has 0 spiro atoms. The van der Waals surface area contributed by atoms with Crippen LogP contribution in [0.5, 0.6) is 0 Å². The van der Waals surface area contributed by atoms with E-state index in [0.717, 1.165) is 25.7 Å². The molecule has 0 radical (unpaired) electrons. The van der Waals surface area contributed by atoms with Gasteiger partial charge in [0.1, 0.15) is 0 Å². The third kappa shape index (κ3) is 3.75. The molecule has 0 heterocycles. The molecule has 0 aromatic carbocycles. The molecule has 3 N–H and O–H groups in total. The lowest BCUT2D eigenvalue weighted by atomic mass is 9.63. The summed E-state index contributed by atoms with van der Waals surface area (Å²) in [6.07, 6.45) is 7.53. The molecule has 20 heavy (non-hydrogen) atoms. The standard InChI is InChI=1S/C17H32N2O/c1-15(2)8-13(9-16(3,4)11-15)19-14(20)10-17(12-18)6-5-7-17/h13H,5-12,18H2,1-4H3,(H,19,20). The first-order chi connectivity index (χ1) is 9.15. The molecule has 2 saturated carbocycles. The van der Waals surface area contributed by atoms with Gasteiger partial charge in [0, 0.05) is 12.5 Å². The van der Waals surface area contributed by atoms with E-state index in [-0.39, 0.29) is 11.3 Å². The van der Waals surface area contributed by atoms with E-state index in [9.17, 15) is 4.79 Å². The number of nitrogens with one attached hydrogen (secondary N) is 1. The SMILES string of the molecule is CC1(C)CC(NC(=O)CC2(CN)CCC2)CC(C)(C)C1. The van der Waals surface area contributed by atoms with Crippen LogP contribution in [0.4, 0.5) is 0 Å². The molecule has 0 aromatic rings. The number of hydrogen-bond acceptors (Lipinski definition) is 2. The molecule has 2 aliphatic rings. The van der Waals surface area contributed by atoms with Crippen LogP contribution in [0, 0.1) is 16.2 Å². The molecule has 0 atom stereocenters. The average Bonchev–Trinajstić information content (AvgIpc) is 2.18. The lowest BCUT2D eigenvalue weighted by molar-refractivity contribution is -0.126. The molecule has 116 valence electrons. The van der Waals surface area contributed by atoms with Gasteiger partial charge in [-0.3, -0.25) is 4.79 Å². The molecule has 0 aliphatic heterocycles. The van der Waals surface area contributed by atoms with Crippen molar-refractivity contribution in [3.8, 4) is 0 Å². The Kier molecular flexibility index (Phi) is 4.21. The van der Waals surface area contributed by atoms with Gasteiger partial charge in [-0.15, -0.1) is 0 Å². The van der Waals surface area contributed by atoms with Crippen LogP contribution in [0.25, 0.3) is 0 Å². The fourth-order valence-corrected chi connectivity index (χ4v) is 4.70. The predicted octanol–water partition coefficient (Wildman–Crippen LogP) is 3.23. The van der Waals surface area contributed by atoms with E-state index in [1.807, 2.05) is 0 Å². The summed E-state index contributed by atoms with van der Waals surface area (Å²) >= 11 is 0. The number of nitrogens with two attached hydrogens (primary N) is 1. The van der Waals surface area contributed by atoms with Crippen LogP contribution >= 0.6 is 0 Å². The first kappa shape index (κ1) is 15.8. The Morgan fingerprint density at radius 3 is 2.10 bits per heavy atom. The van der Waals surface area contributed by atoms with Crippen LogP contribution < -0.4 is 11.1 Å². The maximum atomic E-state index is 12.3. The highest BCUT2D eigenvalue weighted by Crippen LogP contribution is 2.46. The fraction of sp³-hybridized carbons (Fsp3) is 0.941. The average molecular weight is 280 g/mol. The van der Waals surface area contributed by atoms with Gasteiger partial charge in [0.2, 0.25) is 5.91 Å². The van der Waals surface area contributed by atoms with Crippen LogP contribution in [0.1, 0.15) is 72.6 Å². The van der Waals surface area contributed by atoms with E-state index in [0.29, 0.717) is 29.8 Å². The van der Waals surface area contributed by atoms with Gasteiger partial charge < -0.3 is 11.1 Å². The second-order valence-electron chi connectivity index (χ2n) is 8.91. The highest BCUT2D eigenvalue weighted by molar-refractivity contribution is 5.77. The van der Waals surface area contributed by atoms with Crippen molar-refractivity contribution in [3.63, 3.8) is 0 Å².